The van der Waals surface area contributed by atoms with Gasteiger partial charge in [0.2, 0.25) is 11.8 Å². The van der Waals surface area contributed by atoms with Gasteiger partial charge in [0, 0.05) is 19.2 Å². The summed E-state index contributed by atoms with van der Waals surface area (Å²) in [6.07, 6.45) is 0. The Morgan fingerprint density at radius 1 is 1.03 bits per heavy atom. The molecule has 0 aliphatic carbocycles. The molecule has 3 aromatic rings. The molecule has 0 spiro atoms. The van der Waals surface area contributed by atoms with Gasteiger partial charge in [0.25, 0.3) is 0 Å². The first-order valence-corrected chi connectivity index (χ1v) is 11.5. The molecule has 7 nitrogen and oxygen atoms in total. The maximum absolute atomic E-state index is 12.3. The summed E-state index contributed by atoms with van der Waals surface area (Å²) in [5, 5.41) is 9.30. The van der Waals surface area contributed by atoms with Gasteiger partial charge in [0.05, 0.1) is 11.5 Å². The molecule has 0 saturated carbocycles. The molecule has 2 amide bonds. The number of rotatable bonds is 10. The molecule has 0 aliphatic heterocycles. The number of anilines is 1. The predicted molar refractivity (Wildman–Crippen MR) is 128 cm³/mol. The SMILES string of the molecule is Cc1cc(NC(=O)CSCC(=O)NCc2ccccc2-c2ccc(CN(C)C)cc2)no1. The number of amides is 2. The zero-order valence-corrected chi connectivity index (χ0v) is 19.4. The van der Waals surface area contributed by atoms with E-state index in [4.69, 9.17) is 4.52 Å². The van der Waals surface area contributed by atoms with Gasteiger partial charge in [0.1, 0.15) is 5.76 Å². The number of benzene rings is 2. The molecule has 1 heterocycles. The van der Waals surface area contributed by atoms with E-state index in [0.717, 1.165) is 23.2 Å². The number of hydrogen-bond donors (Lipinski definition) is 2. The van der Waals surface area contributed by atoms with Gasteiger partial charge in [-0.05, 0) is 43.3 Å². The van der Waals surface area contributed by atoms with Crippen molar-refractivity contribution >= 4 is 29.4 Å². The van der Waals surface area contributed by atoms with Crippen LogP contribution in [0.2, 0.25) is 0 Å². The van der Waals surface area contributed by atoms with Gasteiger partial charge in [-0.15, -0.1) is 11.8 Å². The first kappa shape index (κ1) is 23.6. The topological polar surface area (TPSA) is 87.5 Å². The van der Waals surface area contributed by atoms with Crippen molar-refractivity contribution in [2.45, 2.75) is 20.0 Å². The van der Waals surface area contributed by atoms with Crippen molar-refractivity contribution in [3.05, 3.63) is 71.5 Å². The van der Waals surface area contributed by atoms with E-state index in [1.165, 1.54) is 17.3 Å². The van der Waals surface area contributed by atoms with Crippen LogP contribution in [-0.4, -0.2) is 47.5 Å². The first-order chi connectivity index (χ1) is 15.4. The number of carbonyl (C=O) groups is 2. The normalized spacial score (nSPS) is 10.9. The molecule has 0 radical (unpaired) electrons. The Morgan fingerprint density at radius 3 is 2.44 bits per heavy atom. The predicted octanol–water partition coefficient (Wildman–Crippen LogP) is 3.70. The second-order valence-corrected chi connectivity index (χ2v) is 8.72. The Hall–Kier alpha value is -3.10. The largest absolute Gasteiger partial charge is 0.360 e. The lowest BCUT2D eigenvalue weighted by Crippen LogP contribution is -2.26. The maximum atomic E-state index is 12.3. The third-order valence-corrected chi connectivity index (χ3v) is 5.55. The van der Waals surface area contributed by atoms with Gasteiger partial charge in [-0.3, -0.25) is 9.59 Å². The Labute approximate surface area is 192 Å². The fourth-order valence-electron chi connectivity index (χ4n) is 3.20. The van der Waals surface area contributed by atoms with Crippen LogP contribution in [0.4, 0.5) is 5.82 Å². The molecule has 8 heteroatoms. The summed E-state index contributed by atoms with van der Waals surface area (Å²) in [4.78, 5) is 26.3. The summed E-state index contributed by atoms with van der Waals surface area (Å²) in [5.41, 5.74) is 4.51. The first-order valence-electron chi connectivity index (χ1n) is 10.3. The molecular formula is C24H28N4O3S. The second kappa shape index (κ2) is 11.5. The zero-order valence-electron chi connectivity index (χ0n) is 18.6. The van der Waals surface area contributed by atoms with E-state index in [-0.39, 0.29) is 23.3 Å². The van der Waals surface area contributed by atoms with Gasteiger partial charge >= 0.3 is 0 Å². The highest BCUT2D eigenvalue weighted by Gasteiger charge is 2.10. The summed E-state index contributed by atoms with van der Waals surface area (Å²) in [6.45, 7) is 3.07. The van der Waals surface area contributed by atoms with Gasteiger partial charge in [-0.2, -0.15) is 0 Å². The van der Waals surface area contributed by atoms with Crippen LogP contribution in [-0.2, 0) is 22.7 Å². The molecule has 32 heavy (non-hydrogen) atoms. The number of thioether (sulfide) groups is 1. The minimum absolute atomic E-state index is 0.115. The van der Waals surface area contributed by atoms with Crippen LogP contribution in [0.5, 0.6) is 0 Å². The van der Waals surface area contributed by atoms with Crippen molar-refractivity contribution in [3.8, 4) is 11.1 Å². The fourth-order valence-corrected chi connectivity index (χ4v) is 3.84. The highest BCUT2D eigenvalue weighted by Crippen LogP contribution is 2.24. The van der Waals surface area contributed by atoms with E-state index in [9.17, 15) is 9.59 Å². The quantitative estimate of drug-likeness (QED) is 0.488. The second-order valence-electron chi connectivity index (χ2n) is 7.73. The Balaban J connectivity index is 1.48. The minimum Gasteiger partial charge on any atom is -0.360 e. The molecule has 0 unspecified atom stereocenters. The van der Waals surface area contributed by atoms with Crippen molar-refractivity contribution in [2.75, 3.05) is 30.9 Å². The van der Waals surface area contributed by atoms with Crippen LogP contribution in [0.25, 0.3) is 11.1 Å². The monoisotopic (exact) mass is 452 g/mol. The van der Waals surface area contributed by atoms with Crippen LogP contribution in [0.1, 0.15) is 16.9 Å². The van der Waals surface area contributed by atoms with Gasteiger partial charge in [-0.1, -0.05) is 53.7 Å². The molecule has 1 aromatic heterocycles. The summed E-state index contributed by atoms with van der Waals surface area (Å²) in [7, 11) is 4.10. The standard InChI is InChI=1S/C24H28N4O3S/c1-17-12-22(27-31-17)26-24(30)16-32-15-23(29)25-13-20-6-4-5-7-21(20)19-10-8-18(9-11-19)14-28(2)3/h4-12H,13-16H2,1-3H3,(H,25,29)(H,26,27,30). The highest BCUT2D eigenvalue weighted by molar-refractivity contribution is 8.00. The third kappa shape index (κ3) is 7.25. The highest BCUT2D eigenvalue weighted by atomic mass is 32.2. The molecule has 0 bridgehead atoms. The number of nitrogens with one attached hydrogen (secondary N) is 2. The van der Waals surface area contributed by atoms with Gasteiger partial charge in [0.15, 0.2) is 5.82 Å². The Kier molecular flexibility index (Phi) is 8.47. The van der Waals surface area contributed by atoms with Crippen LogP contribution in [0, 0.1) is 6.92 Å². The van der Waals surface area contributed by atoms with Crippen LogP contribution >= 0.6 is 11.8 Å². The summed E-state index contributed by atoms with van der Waals surface area (Å²) in [6, 6.07) is 18.2. The minimum atomic E-state index is -0.223. The Bertz CT molecular complexity index is 1050. The molecule has 168 valence electrons. The fraction of sp³-hybridized carbons (Fsp3) is 0.292. The Morgan fingerprint density at radius 2 is 1.75 bits per heavy atom. The van der Waals surface area contributed by atoms with Crippen molar-refractivity contribution in [2.24, 2.45) is 0 Å². The van der Waals surface area contributed by atoms with Crippen LogP contribution in [0.3, 0.4) is 0 Å². The molecule has 3 rings (SSSR count). The van der Waals surface area contributed by atoms with Crippen molar-refractivity contribution in [3.63, 3.8) is 0 Å². The zero-order chi connectivity index (χ0) is 22.9. The number of carbonyl (C=O) groups excluding carboxylic acids is 2. The van der Waals surface area contributed by atoms with E-state index >= 15 is 0 Å². The molecule has 0 aliphatic rings. The van der Waals surface area contributed by atoms with Crippen LogP contribution in [0.15, 0.2) is 59.1 Å². The maximum Gasteiger partial charge on any atom is 0.235 e. The van der Waals surface area contributed by atoms with Gasteiger partial charge in [-0.25, -0.2) is 0 Å². The molecule has 0 fully saturated rings. The molecule has 0 atom stereocenters. The van der Waals surface area contributed by atoms with E-state index < -0.39 is 0 Å². The number of aryl methyl sites for hydroxylation is 1. The summed E-state index contributed by atoms with van der Waals surface area (Å²) in [5.74, 6) is 1.03. The number of nitrogens with zero attached hydrogens (tertiary/aromatic N) is 2. The lowest BCUT2D eigenvalue weighted by atomic mass is 9.98. The number of aromatic nitrogens is 1. The average Bonchev–Trinajstić information content (AvgIpc) is 3.17. The third-order valence-electron chi connectivity index (χ3n) is 4.62. The van der Waals surface area contributed by atoms with Crippen molar-refractivity contribution in [1.29, 1.82) is 0 Å². The average molecular weight is 453 g/mol. The van der Waals surface area contributed by atoms with Crippen molar-refractivity contribution < 1.29 is 14.1 Å². The van der Waals surface area contributed by atoms with Crippen molar-refractivity contribution in [1.82, 2.24) is 15.4 Å². The van der Waals surface area contributed by atoms with Gasteiger partial charge < -0.3 is 20.1 Å². The molecule has 2 N–H and O–H groups in total. The van der Waals surface area contributed by atoms with E-state index in [1.54, 1.807) is 13.0 Å². The molecule has 0 saturated heterocycles. The summed E-state index contributed by atoms with van der Waals surface area (Å²) >= 11 is 1.25. The van der Waals surface area contributed by atoms with Crippen LogP contribution < -0.4 is 10.6 Å². The van der Waals surface area contributed by atoms with E-state index in [1.807, 2.05) is 32.3 Å². The molecular weight excluding hydrogens is 424 g/mol. The number of hydrogen-bond acceptors (Lipinski definition) is 6. The van der Waals surface area contributed by atoms with E-state index in [2.05, 4.69) is 51.0 Å². The lowest BCUT2D eigenvalue weighted by Gasteiger charge is -2.13. The smallest absolute Gasteiger partial charge is 0.235 e. The summed E-state index contributed by atoms with van der Waals surface area (Å²) < 4.78 is 4.91. The lowest BCUT2D eigenvalue weighted by molar-refractivity contribution is -0.118. The molecule has 2 aromatic carbocycles. The van der Waals surface area contributed by atoms with E-state index in [0.29, 0.717) is 18.1 Å².